The van der Waals surface area contributed by atoms with E-state index in [2.05, 4.69) is 16.0 Å². The molecule has 0 aliphatic carbocycles. The lowest BCUT2D eigenvalue weighted by Gasteiger charge is -2.37. The molecule has 2 aromatic rings. The van der Waals surface area contributed by atoms with Crippen molar-refractivity contribution in [2.24, 2.45) is 5.92 Å². The predicted octanol–water partition coefficient (Wildman–Crippen LogP) is 2.37. The van der Waals surface area contributed by atoms with Crippen LogP contribution in [0.1, 0.15) is 12.0 Å². The number of aromatic nitrogens is 1. The van der Waals surface area contributed by atoms with Crippen LogP contribution in [0.2, 0.25) is 0 Å². The average molecular weight is 337 g/mol. The summed E-state index contributed by atoms with van der Waals surface area (Å²) in [5.74, 6) is 1.23. The first-order valence-electron chi connectivity index (χ1n) is 8.96. The molecule has 2 aliphatic rings. The number of para-hydroxylation sites is 1. The molecule has 130 valence electrons. The van der Waals surface area contributed by atoms with Crippen LogP contribution in [0, 0.1) is 5.92 Å². The molecule has 5 nitrogen and oxygen atoms in total. The number of carbonyl (C=O) groups excluding carboxylic acids is 1. The van der Waals surface area contributed by atoms with Crippen molar-refractivity contribution in [1.29, 1.82) is 0 Å². The summed E-state index contributed by atoms with van der Waals surface area (Å²) >= 11 is 0. The monoisotopic (exact) mass is 337 g/mol. The fourth-order valence-electron chi connectivity index (χ4n) is 3.70. The molecule has 2 aliphatic heterocycles. The van der Waals surface area contributed by atoms with Gasteiger partial charge in [0.1, 0.15) is 5.75 Å². The summed E-state index contributed by atoms with van der Waals surface area (Å²) < 4.78 is 5.81. The molecule has 0 N–H and O–H groups in total. The summed E-state index contributed by atoms with van der Waals surface area (Å²) in [6.07, 6.45) is 5.20. The number of pyridine rings is 1. The molecular formula is C20H23N3O2. The molecule has 1 fully saturated rings. The Kier molecular flexibility index (Phi) is 4.55. The predicted molar refractivity (Wildman–Crippen MR) is 96.8 cm³/mol. The molecule has 1 saturated heterocycles. The molecule has 1 aromatic heterocycles. The van der Waals surface area contributed by atoms with Crippen LogP contribution in [-0.4, -0.2) is 48.6 Å². The Morgan fingerprint density at radius 2 is 1.80 bits per heavy atom. The lowest BCUT2D eigenvalue weighted by molar-refractivity contribution is -0.136. The molecule has 0 radical (unpaired) electrons. The number of carbonyl (C=O) groups is 1. The van der Waals surface area contributed by atoms with Gasteiger partial charge in [-0.05, 0) is 36.6 Å². The standard InChI is InChI=1S/C20H23N3O2/c24-20(17-7-14-25-19-4-2-1-3-16(19)15-17)23-12-10-22(11-13-23)18-5-8-21-9-6-18/h1-6,8-9,17H,7,10-15H2/t17-/m1/s1. The van der Waals surface area contributed by atoms with Gasteiger partial charge in [-0.1, -0.05) is 18.2 Å². The molecule has 0 unspecified atom stereocenters. The van der Waals surface area contributed by atoms with Gasteiger partial charge in [0, 0.05) is 50.2 Å². The third-order valence-corrected chi connectivity index (χ3v) is 5.13. The highest BCUT2D eigenvalue weighted by molar-refractivity contribution is 5.79. The Morgan fingerprint density at radius 1 is 1.04 bits per heavy atom. The molecule has 1 amide bonds. The van der Waals surface area contributed by atoms with E-state index in [0.717, 1.165) is 50.3 Å². The smallest absolute Gasteiger partial charge is 0.226 e. The summed E-state index contributed by atoms with van der Waals surface area (Å²) in [5.41, 5.74) is 2.33. The Morgan fingerprint density at radius 3 is 2.60 bits per heavy atom. The van der Waals surface area contributed by atoms with Crippen molar-refractivity contribution in [3.8, 4) is 5.75 Å². The zero-order valence-corrected chi connectivity index (χ0v) is 14.3. The number of amides is 1. The number of piperazine rings is 1. The summed E-state index contributed by atoms with van der Waals surface area (Å²) in [7, 11) is 0. The van der Waals surface area contributed by atoms with Gasteiger partial charge < -0.3 is 14.5 Å². The molecular weight excluding hydrogens is 314 g/mol. The first-order valence-corrected chi connectivity index (χ1v) is 8.96. The Bertz CT molecular complexity index is 727. The second-order valence-electron chi connectivity index (χ2n) is 6.66. The van der Waals surface area contributed by atoms with Crippen molar-refractivity contribution in [3.05, 3.63) is 54.4 Å². The lowest BCUT2D eigenvalue weighted by Crippen LogP contribution is -2.50. The zero-order chi connectivity index (χ0) is 17.1. The third kappa shape index (κ3) is 3.45. The van der Waals surface area contributed by atoms with Gasteiger partial charge >= 0.3 is 0 Å². The minimum atomic E-state index is 0.0242. The van der Waals surface area contributed by atoms with E-state index in [1.165, 1.54) is 5.69 Å². The zero-order valence-electron chi connectivity index (χ0n) is 14.3. The molecule has 5 heteroatoms. The Balaban J connectivity index is 1.39. The van der Waals surface area contributed by atoms with Crippen LogP contribution in [0.4, 0.5) is 5.69 Å². The minimum absolute atomic E-state index is 0.0242. The van der Waals surface area contributed by atoms with Crippen molar-refractivity contribution in [3.63, 3.8) is 0 Å². The summed E-state index contributed by atoms with van der Waals surface area (Å²) in [4.78, 5) is 21.4. The fourth-order valence-corrected chi connectivity index (χ4v) is 3.70. The van der Waals surface area contributed by atoms with Gasteiger partial charge in [0.15, 0.2) is 0 Å². The van der Waals surface area contributed by atoms with Crippen molar-refractivity contribution in [1.82, 2.24) is 9.88 Å². The maximum absolute atomic E-state index is 13.0. The van der Waals surface area contributed by atoms with Gasteiger partial charge in [-0.15, -0.1) is 0 Å². The van der Waals surface area contributed by atoms with E-state index in [9.17, 15) is 4.79 Å². The van der Waals surface area contributed by atoms with E-state index in [1.54, 1.807) is 0 Å². The fraction of sp³-hybridized carbons (Fsp3) is 0.400. The van der Waals surface area contributed by atoms with Gasteiger partial charge in [-0.25, -0.2) is 0 Å². The van der Waals surface area contributed by atoms with Crippen LogP contribution in [0.3, 0.4) is 0 Å². The quantitative estimate of drug-likeness (QED) is 0.844. The summed E-state index contributed by atoms with van der Waals surface area (Å²) in [5, 5.41) is 0. The van der Waals surface area contributed by atoms with Crippen LogP contribution in [-0.2, 0) is 11.2 Å². The number of hydrogen-bond acceptors (Lipinski definition) is 4. The normalized spacial score (nSPS) is 20.4. The van der Waals surface area contributed by atoms with Crippen LogP contribution in [0.5, 0.6) is 5.75 Å². The number of hydrogen-bond donors (Lipinski definition) is 0. The molecule has 25 heavy (non-hydrogen) atoms. The molecule has 0 bridgehead atoms. The summed E-state index contributed by atoms with van der Waals surface area (Å²) in [6.45, 7) is 3.91. The highest BCUT2D eigenvalue weighted by Gasteiger charge is 2.29. The molecule has 0 saturated carbocycles. The van der Waals surface area contributed by atoms with Crippen molar-refractivity contribution in [2.45, 2.75) is 12.8 Å². The van der Waals surface area contributed by atoms with E-state index >= 15 is 0 Å². The number of benzene rings is 1. The maximum atomic E-state index is 13.0. The Hall–Kier alpha value is -2.56. The van der Waals surface area contributed by atoms with Gasteiger partial charge in [0.25, 0.3) is 0 Å². The second kappa shape index (κ2) is 7.13. The van der Waals surface area contributed by atoms with E-state index in [1.807, 2.05) is 47.6 Å². The van der Waals surface area contributed by atoms with Crippen molar-refractivity contribution in [2.75, 3.05) is 37.7 Å². The SMILES string of the molecule is O=C([C@@H]1CCOc2ccccc2C1)N1CCN(c2ccncc2)CC1. The molecule has 1 aromatic carbocycles. The highest BCUT2D eigenvalue weighted by atomic mass is 16.5. The minimum Gasteiger partial charge on any atom is -0.493 e. The first-order chi connectivity index (χ1) is 12.3. The first kappa shape index (κ1) is 15.9. The van der Waals surface area contributed by atoms with E-state index < -0.39 is 0 Å². The van der Waals surface area contributed by atoms with Gasteiger partial charge in [-0.3, -0.25) is 9.78 Å². The van der Waals surface area contributed by atoms with E-state index in [-0.39, 0.29) is 11.8 Å². The number of anilines is 1. The summed E-state index contributed by atoms with van der Waals surface area (Å²) in [6, 6.07) is 12.1. The van der Waals surface area contributed by atoms with Crippen molar-refractivity contribution < 1.29 is 9.53 Å². The number of fused-ring (bicyclic) bond motifs is 1. The second-order valence-corrected chi connectivity index (χ2v) is 6.66. The molecule has 3 heterocycles. The van der Waals surface area contributed by atoms with Crippen LogP contribution in [0.15, 0.2) is 48.8 Å². The number of rotatable bonds is 2. The Labute approximate surface area is 148 Å². The number of nitrogens with zero attached hydrogens (tertiary/aromatic N) is 3. The lowest BCUT2D eigenvalue weighted by atomic mass is 9.95. The largest absolute Gasteiger partial charge is 0.493 e. The maximum Gasteiger partial charge on any atom is 0.226 e. The highest BCUT2D eigenvalue weighted by Crippen LogP contribution is 2.28. The average Bonchev–Trinajstić information content (AvgIpc) is 2.91. The van der Waals surface area contributed by atoms with Crippen molar-refractivity contribution >= 4 is 11.6 Å². The van der Waals surface area contributed by atoms with E-state index in [4.69, 9.17) is 4.74 Å². The molecule has 1 atom stereocenters. The number of ether oxygens (including phenoxy) is 1. The van der Waals surface area contributed by atoms with Crippen LogP contribution < -0.4 is 9.64 Å². The third-order valence-electron chi connectivity index (χ3n) is 5.13. The van der Waals surface area contributed by atoms with E-state index in [0.29, 0.717) is 6.61 Å². The molecule has 0 spiro atoms. The van der Waals surface area contributed by atoms with Gasteiger partial charge in [0.05, 0.1) is 6.61 Å². The topological polar surface area (TPSA) is 45.7 Å². The van der Waals surface area contributed by atoms with Gasteiger partial charge in [-0.2, -0.15) is 0 Å². The molecule has 4 rings (SSSR count). The van der Waals surface area contributed by atoms with Crippen LogP contribution in [0.25, 0.3) is 0 Å². The van der Waals surface area contributed by atoms with Crippen LogP contribution >= 0.6 is 0 Å². The van der Waals surface area contributed by atoms with Gasteiger partial charge in [0.2, 0.25) is 5.91 Å².